The van der Waals surface area contributed by atoms with Gasteiger partial charge in [-0.05, 0) is 37.0 Å². The molecule has 0 aliphatic rings. The highest BCUT2D eigenvalue weighted by Crippen LogP contribution is 2.24. The van der Waals surface area contributed by atoms with Crippen molar-refractivity contribution >= 4 is 0 Å². The zero-order chi connectivity index (χ0) is 15.3. The fraction of sp³-hybridized carbons (Fsp3) is 0.444. The van der Waals surface area contributed by atoms with Gasteiger partial charge in [0.25, 0.3) is 0 Å². The Morgan fingerprint density at radius 2 is 1.86 bits per heavy atom. The molecule has 3 heteroatoms. The van der Waals surface area contributed by atoms with E-state index in [9.17, 15) is 5.11 Å². The number of hydrogen-bond donors (Lipinski definition) is 2. The van der Waals surface area contributed by atoms with Crippen molar-refractivity contribution in [3.05, 3.63) is 60.1 Å². The zero-order valence-electron chi connectivity index (χ0n) is 13.0. The van der Waals surface area contributed by atoms with Gasteiger partial charge in [0, 0.05) is 6.54 Å². The number of hydrogen-bond acceptors (Lipinski definition) is 3. The second-order valence-corrected chi connectivity index (χ2v) is 6.33. The molecule has 1 aromatic heterocycles. The maximum Gasteiger partial charge on any atom is 0.125 e. The maximum absolute atomic E-state index is 10.5. The van der Waals surface area contributed by atoms with Gasteiger partial charge in [-0.3, -0.25) is 0 Å². The summed E-state index contributed by atoms with van der Waals surface area (Å²) in [6.45, 7) is 6.64. The van der Waals surface area contributed by atoms with E-state index in [1.165, 1.54) is 0 Å². The van der Waals surface area contributed by atoms with Crippen molar-refractivity contribution in [2.75, 3.05) is 6.54 Å². The van der Waals surface area contributed by atoms with E-state index in [0.717, 1.165) is 17.7 Å². The van der Waals surface area contributed by atoms with Crippen LogP contribution >= 0.6 is 0 Å². The predicted molar refractivity (Wildman–Crippen MR) is 85.1 cm³/mol. The summed E-state index contributed by atoms with van der Waals surface area (Å²) in [6.07, 6.45) is 2.44. The van der Waals surface area contributed by atoms with Gasteiger partial charge in [-0.1, -0.05) is 44.2 Å². The Balaban J connectivity index is 2.11. The predicted octanol–water partition coefficient (Wildman–Crippen LogP) is 3.76. The fourth-order valence-electron chi connectivity index (χ4n) is 2.76. The normalized spacial score (nSPS) is 15.9. The second kappa shape index (κ2) is 6.92. The molecule has 3 nitrogen and oxygen atoms in total. The van der Waals surface area contributed by atoms with E-state index in [-0.39, 0.29) is 6.04 Å². The molecule has 0 aliphatic carbocycles. The zero-order valence-corrected chi connectivity index (χ0v) is 13.0. The van der Waals surface area contributed by atoms with E-state index in [1.54, 1.807) is 6.26 Å². The van der Waals surface area contributed by atoms with E-state index in [4.69, 9.17) is 4.42 Å². The standard InChI is InChI=1S/C18H25NO2/c1-14(2)12-18(3,20)13-19-17(16-10-7-11-21-16)15-8-5-4-6-9-15/h4-11,14,17,19-20H,12-13H2,1-3H3. The Hall–Kier alpha value is -1.58. The molecule has 0 radical (unpaired) electrons. The minimum Gasteiger partial charge on any atom is -0.467 e. The van der Waals surface area contributed by atoms with Crippen LogP contribution in [0, 0.1) is 5.92 Å². The first kappa shape index (κ1) is 15.8. The molecule has 0 amide bonds. The van der Waals surface area contributed by atoms with Crippen LogP contribution in [-0.4, -0.2) is 17.3 Å². The summed E-state index contributed by atoms with van der Waals surface area (Å²) < 4.78 is 5.55. The quantitative estimate of drug-likeness (QED) is 0.815. The molecule has 0 aliphatic heterocycles. The summed E-state index contributed by atoms with van der Waals surface area (Å²) in [5.74, 6) is 1.32. The molecule has 1 aromatic carbocycles. The van der Waals surface area contributed by atoms with Crippen molar-refractivity contribution in [1.82, 2.24) is 5.32 Å². The molecule has 0 fully saturated rings. The van der Waals surface area contributed by atoms with Gasteiger partial charge in [0.1, 0.15) is 5.76 Å². The first-order valence-corrected chi connectivity index (χ1v) is 7.52. The summed E-state index contributed by atoms with van der Waals surface area (Å²) in [5, 5.41) is 13.9. The summed E-state index contributed by atoms with van der Waals surface area (Å²) in [5.41, 5.74) is 0.404. The minimum absolute atomic E-state index is 0.0418. The molecular weight excluding hydrogens is 262 g/mol. The summed E-state index contributed by atoms with van der Waals surface area (Å²) in [7, 11) is 0. The van der Waals surface area contributed by atoms with Crippen molar-refractivity contribution in [3.8, 4) is 0 Å². The van der Waals surface area contributed by atoms with E-state index in [1.807, 2.05) is 37.3 Å². The number of benzene rings is 1. The van der Waals surface area contributed by atoms with Crippen LogP contribution in [0.4, 0.5) is 0 Å². The van der Waals surface area contributed by atoms with Gasteiger partial charge in [-0.2, -0.15) is 0 Å². The molecule has 2 atom stereocenters. The highest BCUT2D eigenvalue weighted by molar-refractivity contribution is 5.26. The van der Waals surface area contributed by atoms with Crippen molar-refractivity contribution < 1.29 is 9.52 Å². The maximum atomic E-state index is 10.5. The Morgan fingerprint density at radius 3 is 2.43 bits per heavy atom. The van der Waals surface area contributed by atoms with Crippen LogP contribution in [-0.2, 0) is 0 Å². The molecule has 0 saturated heterocycles. The molecule has 0 spiro atoms. The largest absolute Gasteiger partial charge is 0.467 e. The fourth-order valence-corrected chi connectivity index (χ4v) is 2.76. The monoisotopic (exact) mass is 287 g/mol. The average Bonchev–Trinajstić information content (AvgIpc) is 2.92. The van der Waals surface area contributed by atoms with Crippen LogP contribution in [0.1, 0.15) is 44.6 Å². The number of nitrogens with one attached hydrogen (secondary N) is 1. The van der Waals surface area contributed by atoms with E-state index < -0.39 is 5.60 Å². The lowest BCUT2D eigenvalue weighted by molar-refractivity contribution is 0.0364. The van der Waals surface area contributed by atoms with Gasteiger partial charge >= 0.3 is 0 Å². The van der Waals surface area contributed by atoms with Crippen molar-refractivity contribution in [2.45, 2.75) is 38.8 Å². The van der Waals surface area contributed by atoms with Crippen LogP contribution in [0.15, 0.2) is 53.1 Å². The lowest BCUT2D eigenvalue weighted by atomic mass is 9.93. The Kier molecular flexibility index (Phi) is 5.21. The van der Waals surface area contributed by atoms with Crippen LogP contribution in [0.25, 0.3) is 0 Å². The number of furan rings is 1. The van der Waals surface area contributed by atoms with Crippen LogP contribution in [0.2, 0.25) is 0 Å². The molecule has 0 saturated carbocycles. The molecule has 0 bridgehead atoms. The molecule has 1 heterocycles. The third kappa shape index (κ3) is 4.73. The molecule has 2 aromatic rings. The Bertz CT molecular complexity index is 517. The Labute approximate surface area is 127 Å². The molecule has 21 heavy (non-hydrogen) atoms. The van der Waals surface area contributed by atoms with Crippen molar-refractivity contribution in [1.29, 1.82) is 0 Å². The number of aliphatic hydroxyl groups is 1. The summed E-state index contributed by atoms with van der Waals surface area (Å²) >= 11 is 0. The molecule has 2 rings (SSSR count). The van der Waals surface area contributed by atoms with Crippen molar-refractivity contribution in [2.24, 2.45) is 5.92 Å². The van der Waals surface area contributed by atoms with Gasteiger partial charge in [0.05, 0.1) is 17.9 Å². The van der Waals surface area contributed by atoms with Crippen LogP contribution < -0.4 is 5.32 Å². The molecule has 114 valence electrons. The van der Waals surface area contributed by atoms with Crippen molar-refractivity contribution in [3.63, 3.8) is 0 Å². The summed E-state index contributed by atoms with van der Waals surface area (Å²) in [6, 6.07) is 14.0. The van der Waals surface area contributed by atoms with Gasteiger partial charge < -0.3 is 14.8 Å². The van der Waals surface area contributed by atoms with E-state index in [2.05, 4.69) is 31.3 Å². The Morgan fingerprint density at radius 1 is 1.14 bits per heavy atom. The molecule has 2 unspecified atom stereocenters. The average molecular weight is 287 g/mol. The third-order valence-electron chi connectivity index (χ3n) is 3.50. The minimum atomic E-state index is -0.728. The SMILES string of the molecule is CC(C)CC(C)(O)CNC(c1ccccc1)c1ccco1. The molecule has 2 N–H and O–H groups in total. The highest BCUT2D eigenvalue weighted by Gasteiger charge is 2.25. The van der Waals surface area contributed by atoms with E-state index >= 15 is 0 Å². The second-order valence-electron chi connectivity index (χ2n) is 6.33. The lowest BCUT2D eigenvalue weighted by Crippen LogP contribution is -2.40. The smallest absolute Gasteiger partial charge is 0.125 e. The topological polar surface area (TPSA) is 45.4 Å². The first-order chi connectivity index (χ1) is 9.98. The third-order valence-corrected chi connectivity index (χ3v) is 3.50. The first-order valence-electron chi connectivity index (χ1n) is 7.52. The lowest BCUT2D eigenvalue weighted by Gasteiger charge is -2.28. The van der Waals surface area contributed by atoms with Crippen LogP contribution in [0.3, 0.4) is 0 Å². The van der Waals surface area contributed by atoms with E-state index in [0.29, 0.717) is 12.5 Å². The summed E-state index contributed by atoms with van der Waals surface area (Å²) in [4.78, 5) is 0. The van der Waals surface area contributed by atoms with Gasteiger partial charge in [0.2, 0.25) is 0 Å². The highest BCUT2D eigenvalue weighted by atomic mass is 16.3. The van der Waals surface area contributed by atoms with Gasteiger partial charge in [-0.15, -0.1) is 0 Å². The molecular formula is C18H25NO2. The van der Waals surface area contributed by atoms with Gasteiger partial charge in [0.15, 0.2) is 0 Å². The number of rotatable bonds is 7. The van der Waals surface area contributed by atoms with Crippen LogP contribution in [0.5, 0.6) is 0 Å². The van der Waals surface area contributed by atoms with Gasteiger partial charge in [-0.25, -0.2) is 0 Å².